The number of nitrogens with one attached hydrogen (secondary N) is 2. The van der Waals surface area contributed by atoms with E-state index in [9.17, 15) is 4.79 Å². The number of carbonyl (C=O) groups excluding carboxylic acids is 1. The average Bonchev–Trinajstić information content (AvgIpc) is 3.30. The number of H-pyrrole nitrogens is 1. The largest absolute Gasteiger partial charge is 0.493 e. The van der Waals surface area contributed by atoms with Crippen molar-refractivity contribution < 1.29 is 9.53 Å². The summed E-state index contributed by atoms with van der Waals surface area (Å²) < 4.78 is 6.03. The summed E-state index contributed by atoms with van der Waals surface area (Å²) in [6.07, 6.45) is 4.48. The number of ether oxygens (including phenoxy) is 1. The third kappa shape index (κ3) is 5.51. The molecular weight excluding hydrogens is 388 g/mol. The molecule has 6 nitrogen and oxygen atoms in total. The SMILES string of the molecule is NC(=O)Cc1cccc(Nc2ccc(CCOc3ccccc3-c3cnc[nH]3)cc2)c1. The summed E-state index contributed by atoms with van der Waals surface area (Å²) in [6.45, 7) is 0.576. The Morgan fingerprint density at radius 1 is 0.968 bits per heavy atom. The molecule has 0 atom stereocenters. The van der Waals surface area contributed by atoms with Crippen LogP contribution in [0.5, 0.6) is 5.75 Å². The van der Waals surface area contributed by atoms with Gasteiger partial charge in [-0.25, -0.2) is 4.98 Å². The number of carbonyl (C=O) groups is 1. The minimum Gasteiger partial charge on any atom is -0.493 e. The maximum absolute atomic E-state index is 11.1. The zero-order valence-electron chi connectivity index (χ0n) is 17.0. The Bertz CT molecular complexity index is 1140. The van der Waals surface area contributed by atoms with Crippen LogP contribution < -0.4 is 15.8 Å². The highest BCUT2D eigenvalue weighted by Gasteiger charge is 2.07. The lowest BCUT2D eigenvalue weighted by atomic mass is 10.1. The standard InChI is InChI=1S/C25H24N4O2/c26-25(30)15-19-4-3-5-21(14-19)29-20-10-8-18(9-11-20)12-13-31-24-7-2-1-6-22(24)23-16-27-17-28-23/h1-11,14,16-17,29H,12-13,15H2,(H2,26,30)(H,27,28). The second kappa shape index (κ2) is 9.63. The summed E-state index contributed by atoms with van der Waals surface area (Å²) in [5, 5.41) is 3.36. The molecule has 0 aliphatic rings. The third-order valence-corrected chi connectivity index (χ3v) is 4.87. The Morgan fingerprint density at radius 3 is 2.58 bits per heavy atom. The molecule has 1 heterocycles. The van der Waals surface area contributed by atoms with Crippen LogP contribution in [-0.4, -0.2) is 22.5 Å². The number of benzene rings is 3. The molecule has 0 radical (unpaired) electrons. The molecule has 0 spiro atoms. The highest BCUT2D eigenvalue weighted by atomic mass is 16.5. The molecule has 0 saturated heterocycles. The summed E-state index contributed by atoms with van der Waals surface area (Å²) in [7, 11) is 0. The number of para-hydroxylation sites is 1. The predicted molar refractivity (Wildman–Crippen MR) is 122 cm³/mol. The van der Waals surface area contributed by atoms with Gasteiger partial charge in [0, 0.05) is 23.4 Å². The number of nitrogens with zero attached hydrogens (tertiary/aromatic N) is 1. The van der Waals surface area contributed by atoms with Crippen molar-refractivity contribution in [3.63, 3.8) is 0 Å². The molecule has 0 unspecified atom stereocenters. The number of aromatic nitrogens is 2. The summed E-state index contributed by atoms with van der Waals surface area (Å²) in [6, 6.07) is 23.9. The lowest BCUT2D eigenvalue weighted by Crippen LogP contribution is -2.13. The normalized spacial score (nSPS) is 10.6. The summed E-state index contributed by atoms with van der Waals surface area (Å²) in [5.74, 6) is 0.497. The van der Waals surface area contributed by atoms with Gasteiger partial charge < -0.3 is 20.8 Å². The van der Waals surface area contributed by atoms with E-state index >= 15 is 0 Å². The van der Waals surface area contributed by atoms with Crippen molar-refractivity contribution in [3.05, 3.63) is 96.4 Å². The Hall–Kier alpha value is -4.06. The minimum atomic E-state index is -0.337. The van der Waals surface area contributed by atoms with Crippen molar-refractivity contribution in [2.75, 3.05) is 11.9 Å². The molecule has 156 valence electrons. The highest BCUT2D eigenvalue weighted by Crippen LogP contribution is 2.28. The Balaban J connectivity index is 1.33. The maximum Gasteiger partial charge on any atom is 0.221 e. The van der Waals surface area contributed by atoms with Gasteiger partial charge in [-0.05, 0) is 47.5 Å². The first-order valence-electron chi connectivity index (χ1n) is 10.1. The molecule has 0 aliphatic heterocycles. The van der Waals surface area contributed by atoms with Gasteiger partial charge >= 0.3 is 0 Å². The van der Waals surface area contributed by atoms with E-state index in [1.54, 1.807) is 12.5 Å². The highest BCUT2D eigenvalue weighted by molar-refractivity contribution is 5.77. The van der Waals surface area contributed by atoms with Gasteiger partial charge in [0.2, 0.25) is 5.91 Å². The van der Waals surface area contributed by atoms with Crippen LogP contribution in [0, 0.1) is 0 Å². The van der Waals surface area contributed by atoms with Crippen molar-refractivity contribution in [1.29, 1.82) is 0 Å². The maximum atomic E-state index is 11.1. The average molecular weight is 412 g/mol. The summed E-state index contributed by atoms with van der Waals surface area (Å²) in [4.78, 5) is 18.3. The number of hydrogen-bond acceptors (Lipinski definition) is 4. The number of rotatable bonds is 9. The molecule has 0 aliphatic carbocycles. The Labute approximate surface area is 181 Å². The molecule has 1 amide bonds. The zero-order valence-corrected chi connectivity index (χ0v) is 17.0. The van der Waals surface area contributed by atoms with Crippen molar-refractivity contribution in [3.8, 4) is 17.0 Å². The summed E-state index contributed by atoms with van der Waals surface area (Å²) in [5.41, 5.74) is 11.2. The lowest BCUT2D eigenvalue weighted by molar-refractivity contribution is -0.117. The first kappa shape index (κ1) is 20.2. The van der Waals surface area contributed by atoms with E-state index in [0.29, 0.717) is 6.61 Å². The molecule has 4 aromatic rings. The third-order valence-electron chi connectivity index (χ3n) is 4.87. The van der Waals surface area contributed by atoms with Crippen LogP contribution in [0.1, 0.15) is 11.1 Å². The van der Waals surface area contributed by atoms with E-state index in [1.165, 1.54) is 5.56 Å². The van der Waals surface area contributed by atoms with E-state index in [-0.39, 0.29) is 12.3 Å². The second-order valence-electron chi connectivity index (χ2n) is 7.23. The fourth-order valence-electron chi connectivity index (χ4n) is 3.38. The number of imidazole rings is 1. The predicted octanol–water partition coefficient (Wildman–Crippen LogP) is 4.47. The van der Waals surface area contributed by atoms with E-state index in [4.69, 9.17) is 10.5 Å². The van der Waals surface area contributed by atoms with Crippen molar-refractivity contribution >= 4 is 17.3 Å². The van der Waals surface area contributed by atoms with Gasteiger partial charge in [0.1, 0.15) is 5.75 Å². The number of anilines is 2. The Morgan fingerprint density at radius 2 is 1.81 bits per heavy atom. The monoisotopic (exact) mass is 412 g/mol. The van der Waals surface area contributed by atoms with Crippen LogP contribution >= 0.6 is 0 Å². The van der Waals surface area contributed by atoms with Crippen LogP contribution in [0.2, 0.25) is 0 Å². The first-order valence-corrected chi connectivity index (χ1v) is 10.1. The molecule has 0 bridgehead atoms. The molecule has 31 heavy (non-hydrogen) atoms. The molecule has 4 rings (SSSR count). The van der Waals surface area contributed by atoms with Crippen LogP contribution in [-0.2, 0) is 17.6 Å². The molecule has 0 fully saturated rings. The zero-order chi connectivity index (χ0) is 21.5. The van der Waals surface area contributed by atoms with Gasteiger partial charge in [0.15, 0.2) is 0 Å². The smallest absolute Gasteiger partial charge is 0.221 e. The van der Waals surface area contributed by atoms with Gasteiger partial charge in [-0.15, -0.1) is 0 Å². The van der Waals surface area contributed by atoms with Crippen LogP contribution in [0.15, 0.2) is 85.3 Å². The molecule has 1 aromatic heterocycles. The van der Waals surface area contributed by atoms with Gasteiger partial charge in [0.05, 0.1) is 31.2 Å². The number of aromatic amines is 1. The van der Waals surface area contributed by atoms with E-state index in [0.717, 1.165) is 40.4 Å². The van der Waals surface area contributed by atoms with Gasteiger partial charge in [-0.2, -0.15) is 0 Å². The van der Waals surface area contributed by atoms with Crippen molar-refractivity contribution in [2.24, 2.45) is 5.73 Å². The van der Waals surface area contributed by atoms with E-state index < -0.39 is 0 Å². The topological polar surface area (TPSA) is 93.0 Å². The number of primary amides is 1. The molecule has 0 saturated carbocycles. The minimum absolute atomic E-state index is 0.234. The fourth-order valence-corrected chi connectivity index (χ4v) is 3.38. The lowest BCUT2D eigenvalue weighted by Gasteiger charge is -2.11. The Kier molecular flexibility index (Phi) is 6.28. The quantitative estimate of drug-likeness (QED) is 0.378. The van der Waals surface area contributed by atoms with Crippen molar-refractivity contribution in [2.45, 2.75) is 12.8 Å². The van der Waals surface area contributed by atoms with Crippen LogP contribution in [0.25, 0.3) is 11.3 Å². The van der Waals surface area contributed by atoms with Crippen LogP contribution in [0.3, 0.4) is 0 Å². The molecule has 4 N–H and O–H groups in total. The van der Waals surface area contributed by atoms with E-state index in [2.05, 4.69) is 27.4 Å². The summed E-state index contributed by atoms with van der Waals surface area (Å²) >= 11 is 0. The molecular formula is C25H24N4O2. The van der Waals surface area contributed by atoms with Gasteiger partial charge in [-0.3, -0.25) is 4.79 Å². The van der Waals surface area contributed by atoms with Gasteiger partial charge in [-0.1, -0.05) is 36.4 Å². The van der Waals surface area contributed by atoms with Crippen molar-refractivity contribution in [1.82, 2.24) is 9.97 Å². The number of nitrogens with two attached hydrogens (primary N) is 1. The first-order chi connectivity index (χ1) is 15.2. The fraction of sp³-hybridized carbons (Fsp3) is 0.120. The van der Waals surface area contributed by atoms with E-state index in [1.807, 2.05) is 60.7 Å². The number of hydrogen-bond donors (Lipinski definition) is 3. The number of amides is 1. The van der Waals surface area contributed by atoms with Gasteiger partial charge in [0.25, 0.3) is 0 Å². The molecule has 3 aromatic carbocycles. The van der Waals surface area contributed by atoms with Crippen LogP contribution in [0.4, 0.5) is 11.4 Å². The molecule has 6 heteroatoms. The second-order valence-corrected chi connectivity index (χ2v) is 7.23.